The molecule has 2 rings (SSSR count). The van der Waals surface area contributed by atoms with Gasteiger partial charge in [-0.1, -0.05) is 11.6 Å². The third-order valence-electron chi connectivity index (χ3n) is 3.47. The van der Waals surface area contributed by atoms with Crippen LogP contribution in [0.1, 0.15) is 5.56 Å². The first-order chi connectivity index (χ1) is 9.10. The minimum atomic E-state index is -0.0601. The maximum atomic E-state index is 6.27. The number of morpholine rings is 1. The molecule has 0 spiro atoms. The third kappa shape index (κ3) is 3.83. The second kappa shape index (κ2) is 6.57. The third-order valence-corrected chi connectivity index (χ3v) is 3.71. The second-order valence-corrected chi connectivity index (χ2v) is 5.43. The lowest BCUT2D eigenvalue weighted by molar-refractivity contribution is -0.0319. The first kappa shape index (κ1) is 14.6. The lowest BCUT2D eigenvalue weighted by atomic mass is 10.00. The number of benzene rings is 1. The molecule has 0 radical (unpaired) electrons. The Morgan fingerprint density at radius 2 is 2.37 bits per heavy atom. The van der Waals surface area contributed by atoms with Crippen molar-refractivity contribution >= 4 is 11.6 Å². The number of halogens is 1. The number of likely N-dealkylation sites (N-methyl/N-ethyl adjacent to an activating group) is 1. The fourth-order valence-corrected chi connectivity index (χ4v) is 2.56. The Bertz CT molecular complexity index is 428. The maximum absolute atomic E-state index is 6.27. The Morgan fingerprint density at radius 3 is 3.05 bits per heavy atom. The molecule has 0 aromatic heterocycles. The van der Waals surface area contributed by atoms with Crippen molar-refractivity contribution in [2.75, 3.05) is 33.9 Å². The summed E-state index contributed by atoms with van der Waals surface area (Å²) < 4.78 is 11.1. The fraction of sp³-hybridized carbons (Fsp3) is 0.571. The van der Waals surface area contributed by atoms with E-state index in [0.717, 1.165) is 31.0 Å². The van der Waals surface area contributed by atoms with Crippen LogP contribution < -0.4 is 10.5 Å². The second-order valence-electron chi connectivity index (χ2n) is 5.00. The van der Waals surface area contributed by atoms with Gasteiger partial charge in [-0.2, -0.15) is 0 Å². The van der Waals surface area contributed by atoms with Crippen LogP contribution in [0.2, 0.25) is 5.02 Å². The number of nitrogens with zero attached hydrogens (tertiary/aromatic N) is 1. The van der Waals surface area contributed by atoms with Crippen molar-refractivity contribution in [1.82, 2.24) is 4.90 Å². The summed E-state index contributed by atoms with van der Waals surface area (Å²) in [5, 5.41) is 0.699. The zero-order valence-corrected chi connectivity index (χ0v) is 12.2. The summed E-state index contributed by atoms with van der Waals surface area (Å²) in [7, 11) is 3.74. The fourth-order valence-electron chi connectivity index (χ4n) is 2.36. The summed E-state index contributed by atoms with van der Waals surface area (Å²) >= 11 is 6.03. The van der Waals surface area contributed by atoms with Crippen LogP contribution in [0.5, 0.6) is 5.75 Å². The van der Waals surface area contributed by atoms with Crippen molar-refractivity contribution in [2.45, 2.75) is 18.6 Å². The molecule has 2 atom stereocenters. The number of nitrogens with two attached hydrogens (primary N) is 1. The summed E-state index contributed by atoms with van der Waals surface area (Å²) in [6.07, 6.45) is 0.754. The highest BCUT2D eigenvalue weighted by atomic mass is 35.5. The van der Waals surface area contributed by atoms with E-state index in [9.17, 15) is 0 Å². The minimum Gasteiger partial charge on any atom is -0.496 e. The van der Waals surface area contributed by atoms with Gasteiger partial charge in [0.2, 0.25) is 0 Å². The van der Waals surface area contributed by atoms with Gasteiger partial charge >= 0.3 is 0 Å². The van der Waals surface area contributed by atoms with E-state index in [1.165, 1.54) is 0 Å². The number of hydrogen-bond acceptors (Lipinski definition) is 4. The van der Waals surface area contributed by atoms with Gasteiger partial charge in [0, 0.05) is 24.2 Å². The molecule has 0 amide bonds. The predicted molar refractivity (Wildman–Crippen MR) is 76.9 cm³/mol. The molecular formula is C14H21ClN2O2. The molecular weight excluding hydrogens is 264 g/mol. The van der Waals surface area contributed by atoms with Gasteiger partial charge in [-0.25, -0.2) is 0 Å². The molecule has 0 saturated carbocycles. The van der Waals surface area contributed by atoms with Crippen LogP contribution in [-0.4, -0.2) is 50.9 Å². The van der Waals surface area contributed by atoms with Crippen LogP contribution in [0, 0.1) is 0 Å². The topological polar surface area (TPSA) is 47.7 Å². The Hall–Kier alpha value is -0.810. The predicted octanol–water partition coefficient (Wildman–Crippen LogP) is 1.55. The lowest BCUT2D eigenvalue weighted by Crippen LogP contribution is -2.50. The van der Waals surface area contributed by atoms with E-state index < -0.39 is 0 Å². The highest BCUT2D eigenvalue weighted by molar-refractivity contribution is 6.30. The van der Waals surface area contributed by atoms with Gasteiger partial charge in [-0.3, -0.25) is 0 Å². The van der Waals surface area contributed by atoms with Crippen LogP contribution in [0.3, 0.4) is 0 Å². The van der Waals surface area contributed by atoms with Gasteiger partial charge in [0.05, 0.1) is 19.8 Å². The van der Waals surface area contributed by atoms with Crippen molar-refractivity contribution in [1.29, 1.82) is 0 Å². The minimum absolute atomic E-state index is 0.0578. The van der Waals surface area contributed by atoms with Gasteiger partial charge < -0.3 is 20.1 Å². The molecule has 1 aromatic rings. The zero-order valence-electron chi connectivity index (χ0n) is 11.4. The Balaban J connectivity index is 2.05. The first-order valence-electron chi connectivity index (χ1n) is 6.48. The summed E-state index contributed by atoms with van der Waals surface area (Å²) in [5.74, 6) is 0.823. The molecule has 2 N–H and O–H groups in total. The number of hydrogen-bond donors (Lipinski definition) is 1. The molecule has 2 unspecified atom stereocenters. The standard InChI is InChI=1S/C14H21ClN2O2/c1-17-5-6-19-14(9-17)12(16)8-10-7-11(15)3-4-13(10)18-2/h3-4,7,12,14H,5-6,8-9,16H2,1-2H3. The van der Waals surface area contributed by atoms with Crippen LogP contribution in [-0.2, 0) is 11.2 Å². The van der Waals surface area contributed by atoms with E-state index in [2.05, 4.69) is 11.9 Å². The van der Waals surface area contributed by atoms with E-state index in [4.69, 9.17) is 26.8 Å². The molecule has 106 valence electrons. The average molecular weight is 285 g/mol. The summed E-state index contributed by atoms with van der Waals surface area (Å²) in [6.45, 7) is 2.56. The van der Waals surface area contributed by atoms with Gasteiger partial charge in [-0.15, -0.1) is 0 Å². The van der Waals surface area contributed by atoms with Crippen LogP contribution in [0.25, 0.3) is 0 Å². The van der Waals surface area contributed by atoms with E-state index >= 15 is 0 Å². The molecule has 0 aliphatic carbocycles. The number of ether oxygens (including phenoxy) is 2. The monoisotopic (exact) mass is 284 g/mol. The molecule has 1 saturated heterocycles. The van der Waals surface area contributed by atoms with Crippen molar-refractivity contribution in [3.63, 3.8) is 0 Å². The Kier molecular flexibility index (Phi) is 5.05. The van der Waals surface area contributed by atoms with E-state index in [-0.39, 0.29) is 12.1 Å². The zero-order chi connectivity index (χ0) is 13.8. The van der Waals surface area contributed by atoms with Crippen molar-refractivity contribution < 1.29 is 9.47 Å². The van der Waals surface area contributed by atoms with E-state index in [1.807, 2.05) is 18.2 Å². The molecule has 4 nitrogen and oxygen atoms in total. The highest BCUT2D eigenvalue weighted by Crippen LogP contribution is 2.24. The van der Waals surface area contributed by atoms with Crippen LogP contribution in [0.15, 0.2) is 18.2 Å². The van der Waals surface area contributed by atoms with Gasteiger partial charge in [0.15, 0.2) is 0 Å². The van der Waals surface area contributed by atoms with Gasteiger partial charge in [0.1, 0.15) is 5.75 Å². The molecule has 1 heterocycles. The van der Waals surface area contributed by atoms with Crippen molar-refractivity contribution in [3.05, 3.63) is 28.8 Å². The first-order valence-corrected chi connectivity index (χ1v) is 6.86. The van der Waals surface area contributed by atoms with Crippen molar-refractivity contribution in [2.24, 2.45) is 5.73 Å². The molecule has 19 heavy (non-hydrogen) atoms. The number of rotatable bonds is 4. The molecule has 1 aromatic carbocycles. The Morgan fingerprint density at radius 1 is 1.58 bits per heavy atom. The highest BCUT2D eigenvalue weighted by Gasteiger charge is 2.25. The van der Waals surface area contributed by atoms with E-state index in [0.29, 0.717) is 11.4 Å². The SMILES string of the molecule is COc1ccc(Cl)cc1CC(N)C1CN(C)CCO1. The quantitative estimate of drug-likeness (QED) is 0.911. The molecule has 1 aliphatic rings. The Labute approximate surface area is 119 Å². The normalized spacial score (nSPS) is 22.2. The van der Waals surface area contributed by atoms with Gasteiger partial charge in [-0.05, 0) is 37.2 Å². The smallest absolute Gasteiger partial charge is 0.122 e. The molecule has 1 aliphatic heterocycles. The van der Waals surface area contributed by atoms with Crippen LogP contribution >= 0.6 is 11.6 Å². The van der Waals surface area contributed by atoms with Crippen LogP contribution in [0.4, 0.5) is 0 Å². The van der Waals surface area contributed by atoms with Gasteiger partial charge in [0.25, 0.3) is 0 Å². The maximum Gasteiger partial charge on any atom is 0.122 e. The molecule has 1 fully saturated rings. The lowest BCUT2D eigenvalue weighted by Gasteiger charge is -2.33. The average Bonchev–Trinajstić information content (AvgIpc) is 2.39. The number of methoxy groups -OCH3 is 1. The summed E-state index contributed by atoms with van der Waals surface area (Å²) in [4.78, 5) is 2.24. The summed E-state index contributed by atoms with van der Waals surface area (Å²) in [6, 6.07) is 5.54. The molecule has 5 heteroatoms. The largest absolute Gasteiger partial charge is 0.496 e. The van der Waals surface area contributed by atoms with E-state index in [1.54, 1.807) is 7.11 Å². The van der Waals surface area contributed by atoms with Crippen molar-refractivity contribution in [3.8, 4) is 5.75 Å². The molecule has 0 bridgehead atoms. The summed E-state index contributed by atoms with van der Waals surface area (Å²) in [5.41, 5.74) is 7.29.